The molecule has 0 bridgehead atoms. The molecule has 0 atom stereocenters. The van der Waals surface area contributed by atoms with Gasteiger partial charge in [0.2, 0.25) is 0 Å². The van der Waals surface area contributed by atoms with E-state index in [9.17, 15) is 10.2 Å². The second-order valence-electron chi connectivity index (χ2n) is 6.51. The van der Waals surface area contributed by atoms with Gasteiger partial charge in [-0.1, -0.05) is 29.3 Å². The van der Waals surface area contributed by atoms with Crippen molar-refractivity contribution in [2.45, 2.75) is 19.8 Å². The van der Waals surface area contributed by atoms with Crippen LogP contribution >= 0.6 is 46.8 Å². The van der Waals surface area contributed by atoms with Crippen LogP contribution in [-0.4, -0.2) is 46.1 Å². The van der Waals surface area contributed by atoms with Gasteiger partial charge in [-0.25, -0.2) is 5.01 Å². The molecule has 2 N–H and O–H groups in total. The number of rotatable bonds is 4. The number of likely N-dealkylation sites (tertiary alicyclic amines) is 1. The van der Waals surface area contributed by atoms with Gasteiger partial charge in [-0.3, -0.25) is 0 Å². The van der Waals surface area contributed by atoms with Crippen LogP contribution < -0.4 is 5.01 Å². The molecule has 2 heterocycles. The van der Waals surface area contributed by atoms with Gasteiger partial charge in [0.15, 0.2) is 10.9 Å². The zero-order valence-corrected chi connectivity index (χ0v) is 18.5. The number of hydrazone groups is 1. The summed E-state index contributed by atoms with van der Waals surface area (Å²) < 4.78 is 0. The summed E-state index contributed by atoms with van der Waals surface area (Å²) in [4.78, 5) is 2.73. The second kappa shape index (κ2) is 9.41. The lowest BCUT2D eigenvalue weighted by atomic mass is 9.98. The third-order valence-electron chi connectivity index (χ3n) is 4.71. The van der Waals surface area contributed by atoms with Gasteiger partial charge in [0.1, 0.15) is 5.69 Å². The molecule has 2 aromatic rings. The van der Waals surface area contributed by atoms with Gasteiger partial charge in [-0.2, -0.15) is 5.10 Å². The molecular weight excluding hydrogens is 437 g/mol. The Bertz CT molecular complexity index is 880. The average Bonchev–Trinajstić information content (AvgIpc) is 3.09. The predicted octanol–water partition coefficient (Wildman–Crippen LogP) is 5.23. The smallest absolute Gasteiger partial charge is 0.197 e. The molecule has 1 aliphatic rings. The van der Waals surface area contributed by atoms with E-state index in [1.807, 2.05) is 11.4 Å². The Balaban J connectivity index is 1.88. The van der Waals surface area contributed by atoms with Crippen molar-refractivity contribution >= 4 is 63.8 Å². The fraction of sp³-hybridized carbons (Fsp3) is 0.368. The number of thiocarbonyl (C=S) groups is 1. The largest absolute Gasteiger partial charge is 0.504 e. The molecule has 0 amide bonds. The van der Waals surface area contributed by atoms with Crippen molar-refractivity contribution in [3.63, 3.8) is 0 Å². The molecular formula is C19H21Cl2N3O2S2. The van der Waals surface area contributed by atoms with Crippen LogP contribution in [0.15, 0.2) is 28.7 Å². The third kappa shape index (κ3) is 4.44. The summed E-state index contributed by atoms with van der Waals surface area (Å²) in [5.74, 6) is 0.416. The number of nitrogens with zero attached hydrogens (tertiary/aromatic N) is 3. The lowest BCUT2D eigenvalue weighted by molar-refractivity contribution is 0.166. The highest BCUT2D eigenvalue weighted by Gasteiger charge is 2.27. The Morgan fingerprint density at radius 1 is 1.36 bits per heavy atom. The Hall–Kier alpha value is -1.38. The number of aliphatic hydroxyl groups is 1. The van der Waals surface area contributed by atoms with E-state index in [0.29, 0.717) is 31.6 Å². The number of halogens is 2. The van der Waals surface area contributed by atoms with Crippen molar-refractivity contribution in [1.82, 2.24) is 4.90 Å². The number of hydrogen-bond acceptors (Lipinski definition) is 5. The van der Waals surface area contributed by atoms with E-state index in [4.69, 9.17) is 35.4 Å². The highest BCUT2D eigenvalue weighted by atomic mass is 35.5. The first kappa shape index (κ1) is 21.3. The molecule has 1 fully saturated rings. The summed E-state index contributed by atoms with van der Waals surface area (Å²) in [6.07, 6.45) is 3.40. The SMILES string of the molecule is CC=NN(C(=S)N1CCC(CO)CC1)c1csc(-c2ccc(Cl)c(Cl)c2)c1O. The van der Waals surface area contributed by atoms with E-state index in [0.717, 1.165) is 31.5 Å². The van der Waals surface area contributed by atoms with Gasteiger partial charge in [0, 0.05) is 31.3 Å². The maximum Gasteiger partial charge on any atom is 0.197 e. The maximum atomic E-state index is 10.9. The highest BCUT2D eigenvalue weighted by molar-refractivity contribution is 7.80. The molecule has 1 aliphatic heterocycles. The standard InChI is InChI=1S/C19H21Cl2N3O2S2/c1-2-22-24(19(27)23-7-5-12(10-25)6-8-23)16-11-28-18(17(16)26)13-3-4-14(20)15(21)9-13/h2-4,9,11-12,25-26H,5-8,10H2,1H3. The molecule has 1 aromatic heterocycles. The predicted molar refractivity (Wildman–Crippen MR) is 122 cm³/mol. The van der Waals surface area contributed by atoms with E-state index in [1.165, 1.54) is 11.3 Å². The molecule has 0 aliphatic carbocycles. The van der Waals surface area contributed by atoms with Crippen molar-refractivity contribution in [3.8, 4) is 16.2 Å². The zero-order valence-electron chi connectivity index (χ0n) is 15.3. The van der Waals surface area contributed by atoms with E-state index in [2.05, 4.69) is 10.0 Å². The van der Waals surface area contributed by atoms with Crippen LogP contribution in [-0.2, 0) is 0 Å². The van der Waals surface area contributed by atoms with Gasteiger partial charge in [-0.05, 0) is 55.6 Å². The lowest BCUT2D eigenvalue weighted by Crippen LogP contribution is -2.45. The maximum absolute atomic E-state index is 10.9. The minimum Gasteiger partial charge on any atom is -0.504 e. The minimum absolute atomic E-state index is 0.0987. The molecule has 0 spiro atoms. The fourth-order valence-electron chi connectivity index (χ4n) is 3.11. The Kier molecular flexibility index (Phi) is 7.17. The number of hydrogen-bond donors (Lipinski definition) is 2. The Labute approximate surface area is 183 Å². The van der Waals surface area contributed by atoms with Crippen LogP contribution in [0.3, 0.4) is 0 Å². The molecule has 0 radical (unpaired) electrons. The average molecular weight is 458 g/mol. The number of aromatic hydroxyl groups is 1. The molecule has 28 heavy (non-hydrogen) atoms. The van der Waals surface area contributed by atoms with E-state index in [1.54, 1.807) is 30.3 Å². The van der Waals surface area contributed by atoms with Crippen LogP contribution in [0.1, 0.15) is 19.8 Å². The normalized spacial score (nSPS) is 15.4. The van der Waals surface area contributed by atoms with Crippen LogP contribution in [0.5, 0.6) is 5.75 Å². The minimum atomic E-state index is 0.0987. The van der Waals surface area contributed by atoms with Crippen LogP contribution in [0.25, 0.3) is 10.4 Å². The van der Waals surface area contributed by atoms with Gasteiger partial charge in [0.05, 0.1) is 14.9 Å². The van der Waals surface area contributed by atoms with Crippen LogP contribution in [0, 0.1) is 5.92 Å². The third-order valence-corrected chi connectivity index (χ3v) is 6.89. The van der Waals surface area contributed by atoms with Crippen molar-refractivity contribution in [1.29, 1.82) is 0 Å². The van der Waals surface area contributed by atoms with Gasteiger partial charge in [0.25, 0.3) is 0 Å². The Morgan fingerprint density at radius 2 is 2.07 bits per heavy atom. The number of piperidine rings is 1. The first-order valence-electron chi connectivity index (χ1n) is 8.90. The highest BCUT2D eigenvalue weighted by Crippen LogP contribution is 2.45. The summed E-state index contributed by atoms with van der Waals surface area (Å²) in [5.41, 5.74) is 1.30. The van der Waals surface area contributed by atoms with Crippen molar-refractivity contribution in [3.05, 3.63) is 33.6 Å². The van der Waals surface area contributed by atoms with Gasteiger partial charge < -0.3 is 15.1 Å². The van der Waals surface area contributed by atoms with E-state index in [-0.39, 0.29) is 12.4 Å². The zero-order chi connectivity index (χ0) is 20.3. The molecule has 1 saturated heterocycles. The van der Waals surface area contributed by atoms with E-state index < -0.39 is 0 Å². The summed E-state index contributed by atoms with van der Waals surface area (Å²) in [5, 5.41) is 29.4. The lowest BCUT2D eigenvalue weighted by Gasteiger charge is -2.35. The van der Waals surface area contributed by atoms with Crippen molar-refractivity contribution < 1.29 is 10.2 Å². The topological polar surface area (TPSA) is 59.3 Å². The van der Waals surface area contributed by atoms with Gasteiger partial charge in [-0.15, -0.1) is 11.3 Å². The fourth-order valence-corrected chi connectivity index (χ4v) is 4.65. The molecule has 9 heteroatoms. The first-order chi connectivity index (χ1) is 13.5. The summed E-state index contributed by atoms with van der Waals surface area (Å²) >= 11 is 19.2. The molecule has 0 saturated carbocycles. The van der Waals surface area contributed by atoms with Crippen LogP contribution in [0.4, 0.5) is 5.69 Å². The second-order valence-corrected chi connectivity index (χ2v) is 8.57. The van der Waals surface area contributed by atoms with Crippen LogP contribution in [0.2, 0.25) is 10.0 Å². The summed E-state index contributed by atoms with van der Waals surface area (Å²) in [6, 6.07) is 5.25. The first-order valence-corrected chi connectivity index (χ1v) is 10.9. The number of thiophene rings is 1. The molecule has 0 unspecified atom stereocenters. The molecule has 5 nitrogen and oxygen atoms in total. The Morgan fingerprint density at radius 3 is 2.68 bits per heavy atom. The monoisotopic (exact) mass is 457 g/mol. The quantitative estimate of drug-likeness (QED) is 0.373. The number of anilines is 1. The summed E-state index contributed by atoms with van der Waals surface area (Å²) in [7, 11) is 0. The molecule has 150 valence electrons. The summed E-state index contributed by atoms with van der Waals surface area (Å²) in [6.45, 7) is 3.52. The van der Waals surface area contributed by atoms with Gasteiger partial charge >= 0.3 is 0 Å². The number of aliphatic hydroxyl groups excluding tert-OH is 1. The number of benzene rings is 1. The molecule has 3 rings (SSSR count). The molecule has 1 aromatic carbocycles. The van der Waals surface area contributed by atoms with Crippen molar-refractivity contribution in [2.24, 2.45) is 11.0 Å². The van der Waals surface area contributed by atoms with E-state index >= 15 is 0 Å². The van der Waals surface area contributed by atoms with Crippen molar-refractivity contribution in [2.75, 3.05) is 24.7 Å².